The van der Waals surface area contributed by atoms with E-state index in [0.29, 0.717) is 30.8 Å². The van der Waals surface area contributed by atoms with Gasteiger partial charge in [0.2, 0.25) is 11.8 Å². The molecule has 2 fully saturated rings. The van der Waals surface area contributed by atoms with Crippen molar-refractivity contribution in [2.45, 2.75) is 37.8 Å². The van der Waals surface area contributed by atoms with Crippen LogP contribution in [0.5, 0.6) is 0 Å². The molecule has 0 spiro atoms. The van der Waals surface area contributed by atoms with E-state index in [9.17, 15) is 14.4 Å². The van der Waals surface area contributed by atoms with E-state index >= 15 is 0 Å². The minimum atomic E-state index is -0.471. The molecule has 0 saturated carbocycles. The first-order valence-electron chi connectivity index (χ1n) is 9.25. The van der Waals surface area contributed by atoms with E-state index in [1.807, 2.05) is 0 Å². The number of anilines is 1. The summed E-state index contributed by atoms with van der Waals surface area (Å²) in [5, 5.41) is 2.86. The van der Waals surface area contributed by atoms with E-state index < -0.39 is 6.04 Å². The van der Waals surface area contributed by atoms with E-state index in [2.05, 4.69) is 5.32 Å². The molecule has 4 rings (SSSR count). The van der Waals surface area contributed by atoms with E-state index in [1.165, 1.54) is 4.90 Å². The summed E-state index contributed by atoms with van der Waals surface area (Å²) in [5.41, 5.74) is 1.00. The molecule has 0 radical (unpaired) electrons. The van der Waals surface area contributed by atoms with Crippen molar-refractivity contribution in [3.63, 3.8) is 0 Å². The van der Waals surface area contributed by atoms with Crippen LogP contribution in [-0.4, -0.2) is 61.0 Å². The van der Waals surface area contributed by atoms with Crippen molar-refractivity contribution in [3.05, 3.63) is 29.8 Å². The Balaban J connectivity index is 1.55. The lowest BCUT2D eigenvalue weighted by Crippen LogP contribution is -2.48. The third kappa shape index (κ3) is 3.07. The van der Waals surface area contributed by atoms with E-state index in [1.54, 1.807) is 29.2 Å². The van der Waals surface area contributed by atoms with Gasteiger partial charge in [-0.3, -0.25) is 14.4 Å². The zero-order chi connectivity index (χ0) is 18.1. The third-order valence-corrected chi connectivity index (χ3v) is 5.34. The summed E-state index contributed by atoms with van der Waals surface area (Å²) in [6.07, 6.45) is 3.46. The van der Waals surface area contributed by atoms with Gasteiger partial charge in [-0.1, -0.05) is 12.1 Å². The van der Waals surface area contributed by atoms with Gasteiger partial charge in [-0.2, -0.15) is 0 Å². The van der Waals surface area contributed by atoms with Gasteiger partial charge in [-0.15, -0.1) is 0 Å². The smallest absolute Gasteiger partial charge is 0.256 e. The summed E-state index contributed by atoms with van der Waals surface area (Å²) in [6, 6.07) is 6.56. The molecule has 0 aromatic heterocycles. The van der Waals surface area contributed by atoms with Crippen LogP contribution in [0.2, 0.25) is 0 Å². The molecular formula is C19H23N3O4. The van der Waals surface area contributed by atoms with Gasteiger partial charge in [0.05, 0.1) is 17.4 Å². The topological polar surface area (TPSA) is 79.0 Å². The highest BCUT2D eigenvalue weighted by Crippen LogP contribution is 2.32. The van der Waals surface area contributed by atoms with Crippen LogP contribution in [-0.2, 0) is 14.3 Å². The number of fused-ring (bicyclic) bond motifs is 2. The lowest BCUT2D eigenvalue weighted by atomic mass is 10.1. The first kappa shape index (κ1) is 17.0. The molecule has 2 saturated heterocycles. The molecule has 0 unspecified atom stereocenters. The molecule has 3 heterocycles. The second kappa shape index (κ2) is 7.07. The molecule has 0 bridgehead atoms. The van der Waals surface area contributed by atoms with Gasteiger partial charge in [0, 0.05) is 19.7 Å². The molecule has 0 aliphatic carbocycles. The number of hydrogen-bond donors (Lipinski definition) is 1. The predicted octanol–water partition coefficient (Wildman–Crippen LogP) is 0.933. The first-order chi connectivity index (χ1) is 12.6. The number of nitrogens with zero attached hydrogens (tertiary/aromatic N) is 2. The summed E-state index contributed by atoms with van der Waals surface area (Å²) in [7, 11) is 0. The van der Waals surface area contributed by atoms with Gasteiger partial charge >= 0.3 is 0 Å². The summed E-state index contributed by atoms with van der Waals surface area (Å²) in [6.45, 7) is 1.69. The van der Waals surface area contributed by atoms with Gasteiger partial charge in [0.1, 0.15) is 12.6 Å². The van der Waals surface area contributed by atoms with Crippen LogP contribution in [0.1, 0.15) is 36.0 Å². The molecule has 26 heavy (non-hydrogen) atoms. The van der Waals surface area contributed by atoms with Crippen LogP contribution in [0.4, 0.5) is 5.69 Å². The lowest BCUT2D eigenvalue weighted by Gasteiger charge is -2.25. The molecular weight excluding hydrogens is 334 g/mol. The number of benzene rings is 1. The highest BCUT2D eigenvalue weighted by molar-refractivity contribution is 6.12. The normalized spacial score (nSPS) is 25.1. The molecule has 3 aliphatic heterocycles. The van der Waals surface area contributed by atoms with Crippen molar-refractivity contribution >= 4 is 23.4 Å². The zero-order valence-corrected chi connectivity index (χ0v) is 14.6. The van der Waals surface area contributed by atoms with Crippen LogP contribution in [0, 0.1) is 0 Å². The Morgan fingerprint density at radius 2 is 2.04 bits per heavy atom. The molecule has 7 heteroatoms. The molecule has 7 nitrogen and oxygen atoms in total. The van der Waals surface area contributed by atoms with Gasteiger partial charge in [0.15, 0.2) is 0 Å². The Labute approximate surface area is 152 Å². The Morgan fingerprint density at radius 1 is 1.19 bits per heavy atom. The summed E-state index contributed by atoms with van der Waals surface area (Å²) in [5.74, 6) is -0.533. The molecule has 1 aromatic carbocycles. The second-order valence-electron chi connectivity index (χ2n) is 7.04. The number of amides is 3. The number of nitrogens with one attached hydrogen (secondary N) is 1. The second-order valence-corrected chi connectivity index (χ2v) is 7.04. The SMILES string of the molecule is O=C(CN1C(=O)[C@@H]2CCCN2C(=O)c2ccccc21)NC[C@@H]1CCCO1. The summed E-state index contributed by atoms with van der Waals surface area (Å²) in [4.78, 5) is 41.4. The Hall–Kier alpha value is -2.41. The predicted molar refractivity (Wildman–Crippen MR) is 94.8 cm³/mol. The number of rotatable bonds is 4. The quantitative estimate of drug-likeness (QED) is 0.870. The van der Waals surface area contributed by atoms with Crippen molar-refractivity contribution in [2.24, 2.45) is 0 Å². The molecule has 3 amide bonds. The molecule has 138 valence electrons. The van der Waals surface area contributed by atoms with Crippen molar-refractivity contribution in [2.75, 3.05) is 31.1 Å². The highest BCUT2D eigenvalue weighted by atomic mass is 16.5. The maximum absolute atomic E-state index is 13.1. The van der Waals surface area contributed by atoms with E-state index in [0.717, 1.165) is 25.9 Å². The largest absolute Gasteiger partial charge is 0.376 e. The lowest BCUT2D eigenvalue weighted by molar-refractivity contribution is -0.125. The number of ether oxygens (including phenoxy) is 1. The molecule has 1 N–H and O–H groups in total. The minimum absolute atomic E-state index is 0.0537. The van der Waals surface area contributed by atoms with E-state index in [-0.39, 0.29) is 30.4 Å². The Kier molecular flexibility index (Phi) is 4.63. The van der Waals surface area contributed by atoms with Gasteiger partial charge < -0.3 is 19.9 Å². The van der Waals surface area contributed by atoms with Crippen LogP contribution in [0.25, 0.3) is 0 Å². The van der Waals surface area contributed by atoms with Gasteiger partial charge in [-0.05, 0) is 37.8 Å². The summed E-state index contributed by atoms with van der Waals surface area (Å²) < 4.78 is 5.51. The van der Waals surface area contributed by atoms with Crippen molar-refractivity contribution in [3.8, 4) is 0 Å². The van der Waals surface area contributed by atoms with Crippen molar-refractivity contribution in [1.29, 1.82) is 0 Å². The third-order valence-electron chi connectivity index (χ3n) is 5.34. The van der Waals surface area contributed by atoms with Crippen LogP contribution >= 0.6 is 0 Å². The number of para-hydroxylation sites is 1. The van der Waals surface area contributed by atoms with Crippen molar-refractivity contribution < 1.29 is 19.1 Å². The molecule has 1 aromatic rings. The highest BCUT2D eigenvalue weighted by Gasteiger charge is 2.42. The maximum Gasteiger partial charge on any atom is 0.256 e. The number of hydrogen-bond acceptors (Lipinski definition) is 4. The Bertz CT molecular complexity index is 729. The average molecular weight is 357 g/mol. The van der Waals surface area contributed by atoms with E-state index in [4.69, 9.17) is 4.74 Å². The first-order valence-corrected chi connectivity index (χ1v) is 9.25. The fraction of sp³-hybridized carbons (Fsp3) is 0.526. The monoisotopic (exact) mass is 357 g/mol. The maximum atomic E-state index is 13.1. The number of carbonyl (C=O) groups excluding carboxylic acids is 3. The van der Waals surface area contributed by atoms with Crippen molar-refractivity contribution in [1.82, 2.24) is 10.2 Å². The molecule has 3 aliphatic rings. The summed E-state index contributed by atoms with van der Waals surface area (Å²) >= 11 is 0. The van der Waals surface area contributed by atoms with Crippen LogP contribution in [0.3, 0.4) is 0 Å². The van der Waals surface area contributed by atoms with Gasteiger partial charge in [0.25, 0.3) is 5.91 Å². The standard InChI is InChI=1S/C19H23N3O4/c23-17(20-11-13-5-4-10-26-13)12-22-15-7-2-1-6-14(15)18(24)21-9-3-8-16(21)19(22)25/h1-2,6-7,13,16H,3-5,8-12H2,(H,20,23)/t13-,16-/m0/s1. The zero-order valence-electron chi connectivity index (χ0n) is 14.6. The number of carbonyl (C=O) groups is 3. The fourth-order valence-corrected chi connectivity index (χ4v) is 4.01. The van der Waals surface area contributed by atoms with Crippen LogP contribution in [0.15, 0.2) is 24.3 Å². The minimum Gasteiger partial charge on any atom is -0.376 e. The van der Waals surface area contributed by atoms with Gasteiger partial charge in [-0.25, -0.2) is 0 Å². The average Bonchev–Trinajstić information content (AvgIpc) is 3.33. The Morgan fingerprint density at radius 3 is 2.85 bits per heavy atom. The fourth-order valence-electron chi connectivity index (χ4n) is 4.01. The van der Waals surface area contributed by atoms with Crippen LogP contribution < -0.4 is 10.2 Å². The molecule has 2 atom stereocenters.